The molecule has 1 atom stereocenters. The first-order valence-corrected chi connectivity index (χ1v) is 2.77. The summed E-state index contributed by atoms with van der Waals surface area (Å²) in [6, 6.07) is 0. The van der Waals surface area contributed by atoms with Gasteiger partial charge < -0.3 is 0 Å². The van der Waals surface area contributed by atoms with E-state index in [4.69, 9.17) is 11.6 Å². The van der Waals surface area contributed by atoms with Crippen LogP contribution in [0.5, 0.6) is 0 Å². The molecule has 1 unspecified atom stereocenters. The lowest BCUT2D eigenvalue weighted by Gasteiger charge is -2.12. The highest BCUT2D eigenvalue weighted by Gasteiger charge is 2.30. The van der Waals surface area contributed by atoms with Gasteiger partial charge in [-0.25, -0.2) is 8.78 Å². The molecule has 1 aliphatic rings. The van der Waals surface area contributed by atoms with Gasteiger partial charge in [0.05, 0.1) is 0 Å². The van der Waals surface area contributed by atoms with Gasteiger partial charge in [0.1, 0.15) is 0 Å². The van der Waals surface area contributed by atoms with Crippen molar-refractivity contribution in [3.63, 3.8) is 0 Å². The van der Waals surface area contributed by atoms with Crippen molar-refractivity contribution in [2.75, 3.05) is 0 Å². The fourth-order valence-electron chi connectivity index (χ4n) is 0.507. The Bertz CT molecular complexity index is 170. The maximum absolute atomic E-state index is 12.5. The highest BCUT2D eigenvalue weighted by molar-refractivity contribution is 6.26. The van der Waals surface area contributed by atoms with Crippen molar-refractivity contribution in [2.24, 2.45) is 0 Å². The van der Waals surface area contributed by atoms with Crippen LogP contribution in [-0.2, 0) is 0 Å². The van der Waals surface area contributed by atoms with Crippen LogP contribution in [0.1, 0.15) is 0 Å². The molecule has 0 heterocycles. The van der Waals surface area contributed by atoms with Crippen molar-refractivity contribution in [1.82, 2.24) is 0 Å². The van der Waals surface area contributed by atoms with E-state index in [1.54, 1.807) is 0 Å². The lowest BCUT2D eigenvalue weighted by Crippen LogP contribution is -2.13. The lowest BCUT2D eigenvalue weighted by atomic mass is 10.1. The highest BCUT2D eigenvalue weighted by atomic mass is 35.5. The Labute approximate surface area is 56.8 Å². The topological polar surface area (TPSA) is 0 Å². The van der Waals surface area contributed by atoms with Gasteiger partial charge >= 0.3 is 0 Å². The van der Waals surface area contributed by atoms with Crippen LogP contribution < -0.4 is 0 Å². The molecule has 1 radical (unpaired) electrons. The predicted molar refractivity (Wildman–Crippen MR) is 32.3 cm³/mol. The van der Waals surface area contributed by atoms with E-state index in [2.05, 4.69) is 0 Å². The highest BCUT2D eigenvalue weighted by Crippen LogP contribution is 2.32. The number of hydrogen-bond acceptors (Lipinski definition) is 0. The fraction of sp³-hybridized carbons (Fsp3) is 0.167. The van der Waals surface area contributed by atoms with Crippen LogP contribution in [0.15, 0.2) is 24.1 Å². The molecule has 0 bridgehead atoms. The molecular formula is C6H4ClF2. The Morgan fingerprint density at radius 2 is 2.22 bits per heavy atom. The molecular weight excluding hydrogens is 146 g/mol. The minimum Gasteiger partial charge on any atom is -0.214 e. The zero-order chi connectivity index (χ0) is 6.91. The summed E-state index contributed by atoms with van der Waals surface area (Å²) in [5.74, 6) is -0.966. The number of allylic oxidation sites excluding steroid dienone is 4. The molecule has 9 heavy (non-hydrogen) atoms. The molecule has 0 nitrogen and oxygen atoms in total. The van der Waals surface area contributed by atoms with Crippen LogP contribution in [0.4, 0.5) is 8.78 Å². The molecule has 0 fully saturated rings. The van der Waals surface area contributed by atoms with Crippen LogP contribution in [0.3, 0.4) is 0 Å². The van der Waals surface area contributed by atoms with Crippen molar-refractivity contribution >= 4 is 11.6 Å². The minimum atomic E-state index is -2.41. The average molecular weight is 150 g/mol. The summed E-state index contributed by atoms with van der Waals surface area (Å²) in [4.78, 5) is 0. The molecule has 0 spiro atoms. The Hall–Kier alpha value is -0.370. The molecule has 0 saturated heterocycles. The Morgan fingerprint density at radius 1 is 1.56 bits per heavy atom. The van der Waals surface area contributed by atoms with Crippen molar-refractivity contribution in [3.8, 4) is 0 Å². The van der Waals surface area contributed by atoms with Gasteiger partial charge in [-0.1, -0.05) is 17.7 Å². The van der Waals surface area contributed by atoms with E-state index in [0.717, 1.165) is 12.2 Å². The molecule has 3 heteroatoms. The van der Waals surface area contributed by atoms with E-state index in [9.17, 15) is 8.78 Å². The summed E-state index contributed by atoms with van der Waals surface area (Å²) in [6.45, 7) is 0. The Kier molecular flexibility index (Phi) is 1.58. The van der Waals surface area contributed by atoms with Crippen molar-refractivity contribution in [3.05, 3.63) is 30.5 Å². The first kappa shape index (κ1) is 6.75. The predicted octanol–water partition coefficient (Wildman–Crippen LogP) is 2.52. The molecule has 0 aromatic carbocycles. The third-order valence-corrected chi connectivity index (χ3v) is 1.28. The molecule has 0 aromatic rings. The van der Waals surface area contributed by atoms with E-state index >= 15 is 0 Å². The third kappa shape index (κ3) is 1.30. The normalized spacial score (nSPS) is 34.3. The van der Waals surface area contributed by atoms with Gasteiger partial charge in [-0.3, -0.25) is 0 Å². The van der Waals surface area contributed by atoms with Crippen LogP contribution in [0.25, 0.3) is 0 Å². The monoisotopic (exact) mass is 149 g/mol. The van der Waals surface area contributed by atoms with Crippen LogP contribution in [-0.4, -0.2) is 5.13 Å². The Balaban J connectivity index is 2.83. The van der Waals surface area contributed by atoms with Crippen molar-refractivity contribution < 1.29 is 8.78 Å². The fourth-order valence-corrected chi connectivity index (χ4v) is 0.643. The molecule has 1 aliphatic carbocycles. The van der Waals surface area contributed by atoms with Gasteiger partial charge in [-0.05, 0) is 12.2 Å². The summed E-state index contributed by atoms with van der Waals surface area (Å²) in [5.41, 5.74) is 0. The van der Waals surface area contributed by atoms with Crippen LogP contribution in [0, 0.1) is 6.42 Å². The quantitative estimate of drug-likeness (QED) is 0.465. The summed E-state index contributed by atoms with van der Waals surface area (Å²) in [6.07, 6.45) is 4.68. The number of rotatable bonds is 0. The van der Waals surface area contributed by atoms with Gasteiger partial charge in [-0.2, -0.15) is 0 Å². The van der Waals surface area contributed by atoms with Gasteiger partial charge in [0.15, 0.2) is 5.83 Å². The number of alkyl halides is 2. The summed E-state index contributed by atoms with van der Waals surface area (Å²) in [5, 5.41) is -2.41. The SMILES string of the molecule is FC1=C[CH]C=CC1(F)Cl. The summed E-state index contributed by atoms with van der Waals surface area (Å²) >= 11 is 5.01. The molecule has 0 amide bonds. The molecule has 0 saturated carbocycles. The first-order valence-electron chi connectivity index (χ1n) is 2.39. The van der Waals surface area contributed by atoms with Crippen LogP contribution in [0.2, 0.25) is 0 Å². The second kappa shape index (κ2) is 2.10. The van der Waals surface area contributed by atoms with Crippen LogP contribution >= 0.6 is 11.6 Å². The zero-order valence-electron chi connectivity index (χ0n) is 4.44. The van der Waals surface area contributed by atoms with Crippen molar-refractivity contribution in [2.45, 2.75) is 5.13 Å². The zero-order valence-corrected chi connectivity index (χ0v) is 5.20. The van der Waals surface area contributed by atoms with Gasteiger partial charge in [0.25, 0.3) is 5.13 Å². The second-order valence-corrected chi connectivity index (χ2v) is 2.24. The maximum atomic E-state index is 12.5. The van der Waals surface area contributed by atoms with E-state index in [-0.39, 0.29) is 0 Å². The smallest absolute Gasteiger partial charge is 0.214 e. The van der Waals surface area contributed by atoms with Gasteiger partial charge in [0, 0.05) is 6.42 Å². The molecule has 0 N–H and O–H groups in total. The number of hydrogen-bond donors (Lipinski definition) is 0. The van der Waals surface area contributed by atoms with E-state index < -0.39 is 11.0 Å². The maximum Gasteiger partial charge on any atom is 0.252 e. The minimum absolute atomic E-state index is 0.948. The van der Waals surface area contributed by atoms with E-state index in [1.807, 2.05) is 0 Å². The standard InChI is InChI=1S/C6H4ClF2/c7-6(9)4-2-1-3-5(6)8/h1-4H. The molecule has 1 rings (SSSR count). The first-order chi connectivity index (χ1) is 4.13. The molecule has 0 aliphatic heterocycles. The number of halogens is 3. The third-order valence-electron chi connectivity index (χ3n) is 0.978. The lowest BCUT2D eigenvalue weighted by molar-refractivity contribution is 0.334. The average Bonchev–Trinajstić information content (AvgIpc) is 1.77. The molecule has 49 valence electrons. The Morgan fingerprint density at radius 3 is 2.56 bits per heavy atom. The van der Waals surface area contributed by atoms with Gasteiger partial charge in [-0.15, -0.1) is 0 Å². The summed E-state index contributed by atoms with van der Waals surface area (Å²) < 4.78 is 24.7. The largest absolute Gasteiger partial charge is 0.252 e. The van der Waals surface area contributed by atoms with Gasteiger partial charge in [0.2, 0.25) is 0 Å². The van der Waals surface area contributed by atoms with E-state index in [1.165, 1.54) is 12.5 Å². The van der Waals surface area contributed by atoms with E-state index in [0.29, 0.717) is 0 Å². The second-order valence-electron chi connectivity index (χ2n) is 1.69. The van der Waals surface area contributed by atoms with Crippen molar-refractivity contribution in [1.29, 1.82) is 0 Å². The molecule has 0 aromatic heterocycles. The summed E-state index contributed by atoms with van der Waals surface area (Å²) in [7, 11) is 0.